The largest absolute Gasteiger partial charge is 0.369 e. The molecule has 0 spiro atoms. The van der Waals surface area contributed by atoms with Crippen molar-refractivity contribution in [3.8, 4) is 6.07 Å². The van der Waals surface area contributed by atoms with Gasteiger partial charge in [0.25, 0.3) is 5.91 Å². The van der Waals surface area contributed by atoms with E-state index in [2.05, 4.69) is 44.4 Å². The summed E-state index contributed by atoms with van der Waals surface area (Å²) >= 11 is 0. The van der Waals surface area contributed by atoms with Gasteiger partial charge in [0.1, 0.15) is 11.8 Å². The van der Waals surface area contributed by atoms with E-state index in [0.717, 1.165) is 32.7 Å². The Labute approximate surface area is 154 Å². The van der Waals surface area contributed by atoms with Gasteiger partial charge in [-0.3, -0.25) is 9.69 Å². The van der Waals surface area contributed by atoms with E-state index in [0.29, 0.717) is 11.3 Å². The number of aromatic nitrogens is 1. The minimum absolute atomic E-state index is 0.0308. The monoisotopic (exact) mass is 349 g/mol. The molecule has 1 amide bonds. The predicted octanol–water partition coefficient (Wildman–Crippen LogP) is 1.89. The van der Waals surface area contributed by atoms with Gasteiger partial charge in [-0.2, -0.15) is 5.26 Å². The van der Waals surface area contributed by atoms with Crippen LogP contribution in [0.25, 0.3) is 0 Å². The molecule has 2 aromatic rings. The third kappa shape index (κ3) is 4.58. The van der Waals surface area contributed by atoms with Crippen molar-refractivity contribution in [2.75, 3.05) is 37.6 Å². The van der Waals surface area contributed by atoms with Crippen LogP contribution in [0.4, 0.5) is 5.69 Å². The first-order valence-electron chi connectivity index (χ1n) is 8.85. The van der Waals surface area contributed by atoms with E-state index in [1.165, 1.54) is 11.9 Å². The van der Waals surface area contributed by atoms with Crippen molar-refractivity contribution in [3.63, 3.8) is 0 Å². The molecule has 0 unspecified atom stereocenters. The van der Waals surface area contributed by atoms with Crippen LogP contribution in [0.2, 0.25) is 0 Å². The lowest BCUT2D eigenvalue weighted by Gasteiger charge is -2.37. The molecule has 1 aliphatic rings. The molecule has 0 saturated carbocycles. The Balaban J connectivity index is 1.46. The summed E-state index contributed by atoms with van der Waals surface area (Å²) in [5.41, 5.74) is 2.05. The lowest BCUT2D eigenvalue weighted by atomic mass is 10.2. The second-order valence-electron chi connectivity index (χ2n) is 6.54. The van der Waals surface area contributed by atoms with E-state index in [1.54, 1.807) is 12.1 Å². The zero-order valence-corrected chi connectivity index (χ0v) is 14.9. The molecule has 0 bridgehead atoms. The minimum atomic E-state index is -0.204. The lowest BCUT2D eigenvalue weighted by Crippen LogP contribution is -2.50. The van der Waals surface area contributed by atoms with Crippen molar-refractivity contribution in [1.82, 2.24) is 15.2 Å². The van der Waals surface area contributed by atoms with Crippen LogP contribution in [0.3, 0.4) is 0 Å². The van der Waals surface area contributed by atoms with Crippen molar-refractivity contribution in [2.24, 2.45) is 0 Å². The van der Waals surface area contributed by atoms with Gasteiger partial charge in [0.2, 0.25) is 0 Å². The first kappa shape index (κ1) is 17.9. The number of carbonyl (C=O) groups is 1. The van der Waals surface area contributed by atoms with Gasteiger partial charge in [-0.25, -0.2) is 4.98 Å². The number of carbonyl (C=O) groups excluding carboxylic acids is 1. The highest BCUT2D eigenvalue weighted by molar-refractivity contribution is 5.92. The Morgan fingerprint density at radius 3 is 2.54 bits per heavy atom. The fourth-order valence-corrected chi connectivity index (χ4v) is 3.15. The van der Waals surface area contributed by atoms with Crippen molar-refractivity contribution in [2.45, 2.75) is 13.0 Å². The Kier molecular flexibility index (Phi) is 5.82. The number of nitriles is 1. The fourth-order valence-electron chi connectivity index (χ4n) is 3.15. The summed E-state index contributed by atoms with van der Waals surface area (Å²) in [6.07, 6.45) is 1.42. The van der Waals surface area contributed by atoms with Crippen molar-refractivity contribution < 1.29 is 4.79 Å². The topological polar surface area (TPSA) is 72.3 Å². The molecule has 26 heavy (non-hydrogen) atoms. The second kappa shape index (κ2) is 8.45. The van der Waals surface area contributed by atoms with Gasteiger partial charge in [0, 0.05) is 50.6 Å². The molecule has 1 atom stereocenters. The zero-order valence-electron chi connectivity index (χ0n) is 14.9. The van der Waals surface area contributed by atoms with Crippen LogP contribution in [0.1, 0.15) is 23.0 Å². The number of piperazine rings is 1. The third-order valence-corrected chi connectivity index (χ3v) is 4.53. The van der Waals surface area contributed by atoms with Crippen LogP contribution in [0, 0.1) is 11.3 Å². The van der Waals surface area contributed by atoms with Gasteiger partial charge in [-0.1, -0.05) is 18.2 Å². The summed E-state index contributed by atoms with van der Waals surface area (Å²) in [7, 11) is 0. The average molecular weight is 349 g/mol. The highest BCUT2D eigenvalue weighted by Crippen LogP contribution is 2.15. The molecule has 3 rings (SSSR count). The number of para-hydroxylation sites is 1. The summed E-state index contributed by atoms with van der Waals surface area (Å²) in [6.45, 7) is 6.74. The maximum absolute atomic E-state index is 12.3. The summed E-state index contributed by atoms with van der Waals surface area (Å²) in [5, 5.41) is 11.8. The van der Waals surface area contributed by atoms with Crippen LogP contribution in [-0.2, 0) is 0 Å². The molecule has 1 N–H and O–H groups in total. The molecule has 1 aliphatic heterocycles. The van der Waals surface area contributed by atoms with Crippen LogP contribution in [0.5, 0.6) is 0 Å². The average Bonchev–Trinajstić information content (AvgIpc) is 2.69. The molecule has 2 heterocycles. The van der Waals surface area contributed by atoms with Gasteiger partial charge in [0.15, 0.2) is 0 Å². The number of anilines is 1. The molecule has 1 aromatic heterocycles. The van der Waals surface area contributed by atoms with Crippen molar-refractivity contribution in [1.29, 1.82) is 5.26 Å². The number of rotatable bonds is 5. The second-order valence-corrected chi connectivity index (χ2v) is 6.54. The van der Waals surface area contributed by atoms with Crippen LogP contribution in [-0.4, -0.2) is 54.6 Å². The summed E-state index contributed by atoms with van der Waals surface area (Å²) in [4.78, 5) is 21.0. The zero-order chi connectivity index (χ0) is 18.4. The Bertz CT molecular complexity index is 761. The number of pyridine rings is 1. The van der Waals surface area contributed by atoms with Crippen LogP contribution < -0.4 is 10.2 Å². The first-order valence-corrected chi connectivity index (χ1v) is 8.85. The maximum Gasteiger partial charge on any atom is 0.270 e. The highest BCUT2D eigenvalue weighted by atomic mass is 16.1. The van der Waals surface area contributed by atoms with Gasteiger partial charge in [-0.15, -0.1) is 0 Å². The van der Waals surface area contributed by atoms with E-state index >= 15 is 0 Å². The number of nitrogens with zero attached hydrogens (tertiary/aromatic N) is 4. The summed E-state index contributed by atoms with van der Waals surface area (Å²) in [6, 6.07) is 15.7. The summed E-state index contributed by atoms with van der Waals surface area (Å²) < 4.78 is 0. The molecule has 0 radical (unpaired) electrons. The van der Waals surface area contributed by atoms with Gasteiger partial charge in [-0.05, 0) is 31.2 Å². The Morgan fingerprint density at radius 1 is 1.19 bits per heavy atom. The van der Waals surface area contributed by atoms with E-state index in [1.807, 2.05) is 19.1 Å². The molecule has 1 aromatic carbocycles. The molecule has 0 aliphatic carbocycles. The Hall–Kier alpha value is -2.91. The number of benzene rings is 1. The Morgan fingerprint density at radius 2 is 1.92 bits per heavy atom. The van der Waals surface area contributed by atoms with E-state index in [4.69, 9.17) is 5.26 Å². The lowest BCUT2D eigenvalue weighted by molar-refractivity contribution is 0.0923. The SMILES string of the molecule is C[C@H](CN1CCN(c2ccccc2)CC1)NC(=O)c1ccc(C#N)cn1. The quantitative estimate of drug-likeness (QED) is 0.892. The van der Waals surface area contributed by atoms with Crippen LogP contribution >= 0.6 is 0 Å². The third-order valence-electron chi connectivity index (χ3n) is 4.53. The van der Waals surface area contributed by atoms with E-state index in [9.17, 15) is 4.79 Å². The number of amides is 1. The highest BCUT2D eigenvalue weighted by Gasteiger charge is 2.20. The molecule has 1 fully saturated rings. The van der Waals surface area contributed by atoms with Crippen molar-refractivity contribution in [3.05, 3.63) is 59.9 Å². The van der Waals surface area contributed by atoms with Gasteiger partial charge < -0.3 is 10.2 Å². The predicted molar refractivity (Wildman–Crippen MR) is 101 cm³/mol. The smallest absolute Gasteiger partial charge is 0.270 e. The molecule has 1 saturated heterocycles. The molecule has 6 heteroatoms. The summed E-state index contributed by atoms with van der Waals surface area (Å²) in [5.74, 6) is -0.204. The number of nitrogens with one attached hydrogen (secondary N) is 1. The number of hydrogen-bond donors (Lipinski definition) is 1. The fraction of sp³-hybridized carbons (Fsp3) is 0.350. The van der Waals surface area contributed by atoms with Gasteiger partial charge >= 0.3 is 0 Å². The minimum Gasteiger partial charge on any atom is -0.369 e. The van der Waals surface area contributed by atoms with E-state index in [-0.39, 0.29) is 11.9 Å². The number of hydrogen-bond acceptors (Lipinski definition) is 5. The maximum atomic E-state index is 12.3. The molecule has 6 nitrogen and oxygen atoms in total. The van der Waals surface area contributed by atoms with Gasteiger partial charge in [0.05, 0.1) is 5.56 Å². The van der Waals surface area contributed by atoms with Crippen molar-refractivity contribution >= 4 is 11.6 Å². The van der Waals surface area contributed by atoms with E-state index < -0.39 is 0 Å². The molecular weight excluding hydrogens is 326 g/mol. The first-order chi connectivity index (χ1) is 12.7. The molecular formula is C20H23N5O. The molecule has 134 valence electrons. The van der Waals surface area contributed by atoms with Crippen LogP contribution in [0.15, 0.2) is 48.7 Å². The normalized spacial score (nSPS) is 15.9. The standard InChI is InChI=1S/C20H23N5O/c1-16(23-20(26)19-8-7-17(13-21)14-22-19)15-24-9-11-25(12-10-24)18-5-3-2-4-6-18/h2-8,14,16H,9-12,15H2,1H3,(H,23,26)/t16-/m1/s1.